The van der Waals surface area contributed by atoms with Crippen LogP contribution >= 0.6 is 11.8 Å². The van der Waals surface area contributed by atoms with Crippen LogP contribution in [0.4, 0.5) is 14.5 Å². The van der Waals surface area contributed by atoms with Crippen LogP contribution in [-0.2, 0) is 63.1 Å². The number of rotatable bonds is 31. The normalized spacial score (nSPS) is 18.0. The van der Waals surface area contributed by atoms with E-state index in [9.17, 15) is 102 Å². The van der Waals surface area contributed by atoms with Gasteiger partial charge in [0.25, 0.3) is 11.8 Å². The second-order valence-corrected chi connectivity index (χ2v) is 26.6. The molecule has 5 aliphatic rings. The number of amides is 9. The Labute approximate surface area is 599 Å². The predicted molar refractivity (Wildman–Crippen MR) is 361 cm³/mol. The highest BCUT2D eigenvalue weighted by molar-refractivity contribution is 8.00. The van der Waals surface area contributed by atoms with Crippen LogP contribution in [0.2, 0.25) is 0 Å². The number of carboxylic acid groups (broad SMARTS) is 3. The lowest BCUT2D eigenvalue weighted by Gasteiger charge is -2.36. The third kappa shape index (κ3) is 17.7. The number of nitrogens with one attached hydrogen (secondary N) is 5. The molecular weight excluding hydrogens is 1400 g/mol. The maximum Gasteiger partial charge on any atom is 0.340 e. The summed E-state index contributed by atoms with van der Waals surface area (Å²) in [5, 5.41) is 70.3. The van der Waals surface area contributed by atoms with Crippen molar-refractivity contribution in [3.8, 4) is 34.8 Å². The quantitative estimate of drug-likeness (QED) is 0.0170. The Balaban J connectivity index is 0.681. The lowest BCUT2D eigenvalue weighted by atomic mass is 9.77. The molecule has 554 valence electrons. The Bertz CT molecular complexity index is 4310. The van der Waals surface area contributed by atoms with E-state index in [1.54, 1.807) is 24.3 Å². The zero-order chi connectivity index (χ0) is 75.6. The number of aliphatic carboxylic acids is 3. The fourth-order valence-corrected chi connectivity index (χ4v) is 14.0. The molecule has 105 heavy (non-hydrogen) atoms. The van der Waals surface area contributed by atoms with E-state index >= 15 is 0 Å². The number of likely N-dealkylation sites (tertiary alicyclic amines) is 1. The van der Waals surface area contributed by atoms with Crippen molar-refractivity contribution in [2.75, 3.05) is 69.6 Å². The smallest absolute Gasteiger partial charge is 0.340 e. The van der Waals surface area contributed by atoms with E-state index in [0.29, 0.717) is 65.6 Å². The van der Waals surface area contributed by atoms with E-state index in [0.717, 1.165) is 9.80 Å². The first kappa shape index (κ1) is 76.1. The molecule has 1 spiro atoms. The lowest BCUT2D eigenvalue weighted by molar-refractivity contribution is -0.143. The molecule has 5 aliphatic heterocycles. The van der Waals surface area contributed by atoms with Crippen molar-refractivity contribution >= 4 is 105 Å². The number of benzene rings is 4. The fraction of sp³-hybridized carbons (Fsp3) is 0.406. The number of ether oxygens (including phenoxy) is 3. The number of aromatic hydroxyl groups is 2. The average Bonchev–Trinajstić information content (AvgIpc) is 1.59. The number of esters is 1. The molecule has 0 saturated carbocycles. The van der Waals surface area contributed by atoms with Gasteiger partial charge >= 0.3 is 23.9 Å². The summed E-state index contributed by atoms with van der Waals surface area (Å²) in [6.45, 7) is 0.846. The van der Waals surface area contributed by atoms with Crippen molar-refractivity contribution in [2.24, 2.45) is 5.73 Å². The molecule has 1 aromatic heterocycles. The molecule has 0 bridgehead atoms. The van der Waals surface area contributed by atoms with Crippen LogP contribution in [0.5, 0.6) is 28.7 Å². The SMILES string of the molecule is N#C[C@@H]1CC(F)(F)CN1C(=O)CNC(=O)c1ccnc2ccc(OCCCN3CCN(C(=O)CCC(=O)N[C@@H](CC(=O)O)C(=O)N[C@@H](CCCCN)C(=O)N[C@@H](CC(=O)O)C(=O)N[C@@H](CSC4CC(=O)N(c5ccc6c(c5)C(=O)OC65c6ccc(O)cc6Oc6cc(O)ccc65)C4=O)C(=O)O)CC3)cc12. The van der Waals surface area contributed by atoms with Gasteiger partial charge in [-0.05, 0) is 92.9 Å². The Kier molecular flexibility index (Phi) is 23.8. The summed E-state index contributed by atoms with van der Waals surface area (Å²) < 4.78 is 45.9. The van der Waals surface area contributed by atoms with Gasteiger partial charge in [-0.3, -0.25) is 62.6 Å². The molecule has 6 heterocycles. The number of halogens is 2. The van der Waals surface area contributed by atoms with Crippen LogP contribution in [-0.4, -0.2) is 228 Å². The topological polar surface area (TPSA) is 487 Å². The number of aromatic nitrogens is 1. The van der Waals surface area contributed by atoms with Crippen molar-refractivity contribution in [1.29, 1.82) is 5.26 Å². The van der Waals surface area contributed by atoms with E-state index in [-0.39, 0.29) is 97.3 Å². The average molecular weight is 1480 g/mol. The van der Waals surface area contributed by atoms with E-state index in [1.165, 1.54) is 71.8 Å². The van der Waals surface area contributed by atoms with Crippen LogP contribution in [0, 0.1) is 11.3 Å². The molecule has 10 rings (SSSR count). The number of carboxylic acids is 3. The second kappa shape index (κ2) is 32.8. The molecule has 36 heteroatoms. The molecule has 1 unspecified atom stereocenters. The van der Waals surface area contributed by atoms with Crippen molar-refractivity contribution in [2.45, 2.75) is 111 Å². The maximum absolute atomic E-state index is 14.0. The number of phenolic OH excluding ortho intramolecular Hbond substituents is 2. The van der Waals surface area contributed by atoms with Gasteiger partial charge in [0.15, 0.2) is 5.60 Å². The largest absolute Gasteiger partial charge is 0.508 e. The van der Waals surface area contributed by atoms with Crippen LogP contribution < -0.4 is 46.7 Å². The number of hydrogen-bond acceptors (Lipinski definition) is 23. The minimum Gasteiger partial charge on any atom is -0.508 e. The molecule has 0 aliphatic carbocycles. The Hall–Kier alpha value is -11.6. The first-order chi connectivity index (χ1) is 50.1. The van der Waals surface area contributed by atoms with Gasteiger partial charge in [-0.1, -0.05) is 6.07 Å². The summed E-state index contributed by atoms with van der Waals surface area (Å²) in [4.78, 5) is 182. The first-order valence-corrected chi connectivity index (χ1v) is 34.3. The summed E-state index contributed by atoms with van der Waals surface area (Å²) in [6, 6.07) is 11.7. The van der Waals surface area contributed by atoms with Gasteiger partial charge in [0.1, 0.15) is 59.0 Å². The highest BCUT2D eigenvalue weighted by Crippen LogP contribution is 2.57. The number of piperazine rings is 1. The molecular formula is C69H72F2N12O21S. The second-order valence-electron chi connectivity index (χ2n) is 25.4. The minimum atomic E-state index is -3.22. The third-order valence-electron chi connectivity index (χ3n) is 18.1. The number of phenols is 2. The number of fused-ring (bicyclic) bond motifs is 7. The van der Waals surface area contributed by atoms with Crippen molar-refractivity contribution in [3.05, 3.63) is 113 Å². The molecule has 33 nitrogen and oxygen atoms in total. The highest BCUT2D eigenvalue weighted by atomic mass is 32.2. The molecule has 5 aromatic rings. The van der Waals surface area contributed by atoms with Crippen LogP contribution in [0.1, 0.15) is 102 Å². The van der Waals surface area contributed by atoms with Gasteiger partial charge in [0.2, 0.25) is 47.3 Å². The summed E-state index contributed by atoms with van der Waals surface area (Å²) in [5.41, 5.74) is 5.38. The molecule has 9 amide bonds. The summed E-state index contributed by atoms with van der Waals surface area (Å²) in [7, 11) is 0. The number of imide groups is 1. The summed E-state index contributed by atoms with van der Waals surface area (Å²) in [5.74, 6) is -17.4. The number of alkyl halides is 2. The monoisotopic (exact) mass is 1470 g/mol. The van der Waals surface area contributed by atoms with E-state index in [1.807, 2.05) is 0 Å². The van der Waals surface area contributed by atoms with Crippen LogP contribution in [0.25, 0.3) is 10.9 Å². The predicted octanol–water partition coefficient (Wildman–Crippen LogP) is 1.56. The number of carbonyl (C=O) groups is 13. The van der Waals surface area contributed by atoms with Crippen molar-refractivity contribution < 1.29 is 111 Å². The van der Waals surface area contributed by atoms with E-state index in [2.05, 4.69) is 36.5 Å². The van der Waals surface area contributed by atoms with Crippen molar-refractivity contribution in [1.82, 2.24) is 46.3 Å². The number of pyridine rings is 1. The number of nitrogens with two attached hydrogens (primary N) is 1. The Morgan fingerprint density at radius 3 is 2.03 bits per heavy atom. The molecule has 12 N–H and O–H groups in total. The number of hydrogen-bond donors (Lipinski definition) is 11. The van der Waals surface area contributed by atoms with Gasteiger partial charge in [-0.2, -0.15) is 5.26 Å². The number of unbranched alkanes of at least 4 members (excludes halogenated alkanes) is 1. The Morgan fingerprint density at radius 1 is 0.743 bits per heavy atom. The number of carbonyl (C=O) groups excluding carboxylic acids is 10. The number of nitrogens with zero attached hydrogens (tertiary/aromatic N) is 6. The van der Waals surface area contributed by atoms with E-state index < -0.39 is 175 Å². The molecule has 0 radical (unpaired) electrons. The Morgan fingerprint density at radius 2 is 1.38 bits per heavy atom. The van der Waals surface area contributed by atoms with Gasteiger partial charge in [0, 0.05) is 105 Å². The molecule has 3 saturated heterocycles. The summed E-state index contributed by atoms with van der Waals surface area (Å²) in [6.07, 6.45) is -2.11. The fourth-order valence-electron chi connectivity index (χ4n) is 12.9. The number of thioether (sulfide) groups is 1. The van der Waals surface area contributed by atoms with E-state index in [4.69, 9.17) is 19.9 Å². The van der Waals surface area contributed by atoms with Gasteiger partial charge in [0.05, 0.1) is 66.2 Å². The van der Waals surface area contributed by atoms with Crippen LogP contribution in [0.3, 0.4) is 0 Å². The highest BCUT2D eigenvalue weighted by Gasteiger charge is 2.55. The van der Waals surface area contributed by atoms with Crippen LogP contribution in [0.15, 0.2) is 85.1 Å². The van der Waals surface area contributed by atoms with Gasteiger partial charge in [-0.25, -0.2) is 23.3 Å². The molecule has 4 aromatic carbocycles. The molecule has 6 atom stereocenters. The number of nitriles is 1. The molecule has 3 fully saturated rings. The number of anilines is 1. The standard InChI is InChI=1S/C69H72F2N12O21S/c70-68(71)31-37(32-73)82(35-68)58(89)33-75-61(94)41-15-17-74-47-12-8-40(27-42(41)47)102-23-3-18-80-19-21-81(22-20-80)56(87)14-13-55(86)76-49(28-59(90)91)63(96)77-48(4-1-2-16-72)62(95)78-50(29-60(92)93)64(97)79-51(66(99)100)34-105-54-30-57(88)83(65(54)98)36-5-9-44-43(24-36)67(101)104-69(44)45-10-6-38(84)25-52(45)103-53-26-39(85)7-11-46(53)69/h5-12,15,17,24-27,37,48-51,54,84-85H,1-4,13-14,16,18-23,28-31,33-35,72H2,(H,75,94)(H,76,86)(H,77,96)(H,78,95)(H,79,97)(H,90,91)(H,92,93)(H,99,100)/t37-,48-,49-,50-,51-,54?/m0/s1. The van der Waals surface area contributed by atoms with Gasteiger partial charge in [-0.15, -0.1) is 11.8 Å². The third-order valence-corrected chi connectivity index (χ3v) is 19.4. The first-order valence-electron chi connectivity index (χ1n) is 33.2. The minimum absolute atomic E-state index is 0.0506. The van der Waals surface area contributed by atoms with Crippen molar-refractivity contribution in [3.63, 3.8) is 0 Å². The zero-order valence-electron chi connectivity index (χ0n) is 55.9. The van der Waals surface area contributed by atoms with Gasteiger partial charge < -0.3 is 81.9 Å². The zero-order valence-corrected chi connectivity index (χ0v) is 56.7. The summed E-state index contributed by atoms with van der Waals surface area (Å²) >= 11 is 0.657. The lowest BCUT2D eigenvalue weighted by Crippen LogP contribution is -2.58. The maximum atomic E-state index is 14.0.